The quantitative estimate of drug-likeness (QED) is 0.820. The van der Waals surface area contributed by atoms with Crippen LogP contribution < -0.4 is 5.32 Å². The predicted octanol–water partition coefficient (Wildman–Crippen LogP) is 4.17. The van der Waals surface area contributed by atoms with Crippen LogP contribution in [0, 0.1) is 13.8 Å². The van der Waals surface area contributed by atoms with E-state index in [0.717, 1.165) is 6.42 Å². The second kappa shape index (κ2) is 6.94. The van der Waals surface area contributed by atoms with Gasteiger partial charge in [0.2, 0.25) is 0 Å². The zero-order valence-electron chi connectivity index (χ0n) is 11.8. The fourth-order valence-corrected chi connectivity index (χ4v) is 2.11. The SMILES string of the molecule is CNC(CCCC(F)(F)F)Cc1ccc(C)c(C)c1. The van der Waals surface area contributed by atoms with Gasteiger partial charge in [0.25, 0.3) is 0 Å². The Morgan fingerprint density at radius 3 is 2.37 bits per heavy atom. The van der Waals surface area contributed by atoms with Crippen molar-refractivity contribution in [1.82, 2.24) is 5.32 Å². The van der Waals surface area contributed by atoms with Gasteiger partial charge in [-0.1, -0.05) is 18.2 Å². The van der Waals surface area contributed by atoms with Crippen LogP contribution in [0.15, 0.2) is 18.2 Å². The summed E-state index contributed by atoms with van der Waals surface area (Å²) in [5.74, 6) is 0. The zero-order chi connectivity index (χ0) is 14.5. The van der Waals surface area contributed by atoms with Crippen LogP contribution in [0.2, 0.25) is 0 Å². The van der Waals surface area contributed by atoms with Gasteiger partial charge in [0.15, 0.2) is 0 Å². The normalized spacial score (nSPS) is 13.6. The number of halogens is 3. The lowest BCUT2D eigenvalue weighted by atomic mass is 9.98. The van der Waals surface area contributed by atoms with E-state index in [1.54, 1.807) is 7.05 Å². The van der Waals surface area contributed by atoms with Crippen LogP contribution in [-0.2, 0) is 6.42 Å². The van der Waals surface area contributed by atoms with Crippen molar-refractivity contribution >= 4 is 0 Å². The van der Waals surface area contributed by atoms with Gasteiger partial charge in [-0.3, -0.25) is 0 Å². The third-order valence-corrected chi connectivity index (χ3v) is 3.47. The van der Waals surface area contributed by atoms with E-state index >= 15 is 0 Å². The Kier molecular flexibility index (Phi) is 5.85. The number of nitrogens with one attached hydrogen (secondary N) is 1. The average Bonchev–Trinajstić information content (AvgIpc) is 2.31. The highest BCUT2D eigenvalue weighted by Crippen LogP contribution is 2.23. The molecule has 1 rings (SSSR count). The molecule has 0 spiro atoms. The molecule has 0 radical (unpaired) electrons. The highest BCUT2D eigenvalue weighted by Gasteiger charge is 2.26. The van der Waals surface area contributed by atoms with Crippen LogP contribution in [0.25, 0.3) is 0 Å². The molecule has 0 aliphatic rings. The maximum atomic E-state index is 12.1. The summed E-state index contributed by atoms with van der Waals surface area (Å²) < 4.78 is 36.3. The third-order valence-electron chi connectivity index (χ3n) is 3.47. The Morgan fingerprint density at radius 1 is 1.16 bits per heavy atom. The largest absolute Gasteiger partial charge is 0.389 e. The van der Waals surface area contributed by atoms with E-state index in [9.17, 15) is 13.2 Å². The molecule has 1 aromatic rings. The van der Waals surface area contributed by atoms with Crippen LogP contribution in [0.4, 0.5) is 13.2 Å². The minimum atomic E-state index is -4.04. The molecule has 0 fully saturated rings. The van der Waals surface area contributed by atoms with E-state index in [1.807, 2.05) is 0 Å². The first kappa shape index (κ1) is 16.0. The van der Waals surface area contributed by atoms with Gasteiger partial charge in [-0.2, -0.15) is 13.2 Å². The van der Waals surface area contributed by atoms with Crippen LogP contribution in [-0.4, -0.2) is 19.3 Å². The second-order valence-corrected chi connectivity index (χ2v) is 5.12. The molecule has 0 saturated heterocycles. The monoisotopic (exact) mass is 273 g/mol. The first-order chi connectivity index (χ1) is 8.81. The summed E-state index contributed by atoms with van der Waals surface area (Å²) in [6.45, 7) is 4.11. The van der Waals surface area contributed by atoms with Crippen LogP contribution in [0.3, 0.4) is 0 Å². The molecule has 0 amide bonds. The number of aryl methyl sites for hydroxylation is 2. The van der Waals surface area contributed by atoms with E-state index in [-0.39, 0.29) is 12.5 Å². The van der Waals surface area contributed by atoms with Crippen molar-refractivity contribution in [1.29, 1.82) is 0 Å². The molecule has 0 aliphatic carbocycles. The third kappa shape index (κ3) is 6.10. The molecular weight excluding hydrogens is 251 g/mol. The van der Waals surface area contributed by atoms with Gasteiger partial charge in [0, 0.05) is 12.5 Å². The summed E-state index contributed by atoms with van der Waals surface area (Å²) in [5, 5.41) is 3.10. The predicted molar refractivity (Wildman–Crippen MR) is 72.4 cm³/mol. The molecule has 1 atom stereocenters. The fourth-order valence-electron chi connectivity index (χ4n) is 2.11. The second-order valence-electron chi connectivity index (χ2n) is 5.12. The Morgan fingerprint density at radius 2 is 1.84 bits per heavy atom. The van der Waals surface area contributed by atoms with Gasteiger partial charge < -0.3 is 5.32 Å². The number of hydrogen-bond acceptors (Lipinski definition) is 1. The molecule has 0 saturated carbocycles. The van der Waals surface area contributed by atoms with Crippen molar-refractivity contribution in [3.63, 3.8) is 0 Å². The molecule has 4 heteroatoms. The first-order valence-electron chi connectivity index (χ1n) is 6.62. The number of alkyl halides is 3. The minimum absolute atomic E-state index is 0.101. The van der Waals surface area contributed by atoms with Gasteiger partial charge in [-0.25, -0.2) is 0 Å². The summed E-state index contributed by atoms with van der Waals surface area (Å²) in [5.41, 5.74) is 3.64. The number of likely N-dealkylation sites (N-methyl/N-ethyl adjacent to an activating group) is 1. The summed E-state index contributed by atoms with van der Waals surface area (Å²) in [7, 11) is 1.80. The molecule has 1 N–H and O–H groups in total. The van der Waals surface area contributed by atoms with Gasteiger partial charge in [-0.05, 0) is 56.8 Å². The van der Waals surface area contributed by atoms with Gasteiger partial charge >= 0.3 is 6.18 Å². The summed E-state index contributed by atoms with van der Waals surface area (Å²) in [6, 6.07) is 6.33. The van der Waals surface area contributed by atoms with Crippen LogP contribution in [0.1, 0.15) is 36.0 Å². The van der Waals surface area contributed by atoms with Crippen molar-refractivity contribution in [2.75, 3.05) is 7.05 Å². The smallest absolute Gasteiger partial charge is 0.317 e. The van der Waals surface area contributed by atoms with Crippen LogP contribution >= 0.6 is 0 Å². The summed E-state index contributed by atoms with van der Waals surface area (Å²) in [6.07, 6.45) is -3.24. The molecule has 1 nitrogen and oxygen atoms in total. The van der Waals surface area contributed by atoms with Crippen LogP contribution in [0.5, 0.6) is 0 Å². The summed E-state index contributed by atoms with van der Waals surface area (Å²) >= 11 is 0. The molecule has 1 unspecified atom stereocenters. The topological polar surface area (TPSA) is 12.0 Å². The minimum Gasteiger partial charge on any atom is -0.317 e. The van der Waals surface area contributed by atoms with Crippen molar-refractivity contribution in [2.24, 2.45) is 0 Å². The number of rotatable bonds is 6. The highest BCUT2D eigenvalue weighted by atomic mass is 19.4. The molecule has 19 heavy (non-hydrogen) atoms. The molecule has 0 aliphatic heterocycles. The van der Waals surface area contributed by atoms with Crippen molar-refractivity contribution in [3.8, 4) is 0 Å². The number of hydrogen-bond donors (Lipinski definition) is 1. The standard InChI is InChI=1S/C15H22F3N/c1-11-6-7-13(9-12(11)2)10-14(19-3)5-4-8-15(16,17)18/h6-7,9,14,19H,4-5,8,10H2,1-3H3. The van der Waals surface area contributed by atoms with E-state index in [4.69, 9.17) is 0 Å². The lowest BCUT2D eigenvalue weighted by molar-refractivity contribution is -0.135. The Labute approximate surface area is 113 Å². The lowest BCUT2D eigenvalue weighted by Crippen LogP contribution is -2.28. The van der Waals surface area contributed by atoms with Gasteiger partial charge in [0.05, 0.1) is 0 Å². The summed E-state index contributed by atoms with van der Waals surface area (Å²) in [4.78, 5) is 0. The fraction of sp³-hybridized carbons (Fsp3) is 0.600. The molecule has 1 aromatic carbocycles. The maximum Gasteiger partial charge on any atom is 0.389 e. The van der Waals surface area contributed by atoms with E-state index < -0.39 is 12.6 Å². The van der Waals surface area contributed by atoms with E-state index in [1.165, 1.54) is 16.7 Å². The lowest BCUT2D eigenvalue weighted by Gasteiger charge is -2.17. The Bertz CT molecular complexity index is 399. The van der Waals surface area contributed by atoms with E-state index in [2.05, 4.69) is 37.4 Å². The molecule has 108 valence electrons. The van der Waals surface area contributed by atoms with Crippen molar-refractivity contribution < 1.29 is 13.2 Å². The highest BCUT2D eigenvalue weighted by molar-refractivity contribution is 5.30. The molecular formula is C15H22F3N. The van der Waals surface area contributed by atoms with Gasteiger partial charge in [-0.15, -0.1) is 0 Å². The zero-order valence-corrected chi connectivity index (χ0v) is 11.8. The molecule has 0 aromatic heterocycles. The maximum absolute atomic E-state index is 12.1. The Hall–Kier alpha value is -1.03. The molecule has 0 heterocycles. The van der Waals surface area contributed by atoms with Gasteiger partial charge in [0.1, 0.15) is 0 Å². The van der Waals surface area contributed by atoms with Crippen molar-refractivity contribution in [2.45, 2.75) is 51.7 Å². The number of benzene rings is 1. The Balaban J connectivity index is 2.49. The first-order valence-corrected chi connectivity index (χ1v) is 6.62. The van der Waals surface area contributed by atoms with E-state index in [0.29, 0.717) is 6.42 Å². The van der Waals surface area contributed by atoms with Crippen molar-refractivity contribution in [3.05, 3.63) is 34.9 Å². The average molecular weight is 273 g/mol. The molecule has 0 bridgehead atoms.